The lowest BCUT2D eigenvalue weighted by atomic mass is 10.0. The molecule has 1 rings (SSSR count). The molecule has 0 atom stereocenters. The topological polar surface area (TPSA) is 20.2 Å². The number of phenols is 1. The first kappa shape index (κ1) is 46.7. The second-order valence-corrected chi connectivity index (χ2v) is 15.8. The van der Waals surface area contributed by atoms with Gasteiger partial charge in [0.2, 0.25) is 0 Å². The predicted octanol–water partition coefficient (Wildman–Crippen LogP) is 16.7. The molecule has 0 unspecified atom stereocenters. The molecule has 1 heteroatoms. The van der Waals surface area contributed by atoms with Gasteiger partial charge in [-0.25, -0.2) is 0 Å². The highest BCUT2D eigenvalue weighted by Gasteiger charge is 1.99. The van der Waals surface area contributed by atoms with Gasteiger partial charge < -0.3 is 5.11 Å². The summed E-state index contributed by atoms with van der Waals surface area (Å²) in [6, 6.07) is 7.61. The molecule has 0 radical (unpaired) electrons. The van der Waals surface area contributed by atoms with Gasteiger partial charge in [-0.15, -0.1) is 0 Å². The molecule has 0 bridgehead atoms. The van der Waals surface area contributed by atoms with Crippen molar-refractivity contribution in [3.05, 3.63) is 135 Å². The second-order valence-electron chi connectivity index (χ2n) is 15.8. The first-order chi connectivity index (χ1) is 24.8. The van der Waals surface area contributed by atoms with Crippen LogP contribution >= 0.6 is 0 Å². The number of benzene rings is 1. The maximum absolute atomic E-state index is 9.96. The largest absolute Gasteiger partial charge is 0.508 e. The van der Waals surface area contributed by atoms with Crippen LogP contribution in [0.25, 0.3) is 0 Å². The number of hydrogen-bond donors (Lipinski definition) is 1. The van der Waals surface area contributed by atoms with E-state index in [0.29, 0.717) is 5.75 Å². The van der Waals surface area contributed by atoms with E-state index in [0.717, 1.165) is 69.8 Å². The first-order valence-electron chi connectivity index (χ1n) is 20.5. The molecule has 0 amide bonds. The Morgan fingerprint density at radius 2 is 0.615 bits per heavy atom. The molecular formula is C51H78O. The molecule has 0 fully saturated rings. The van der Waals surface area contributed by atoms with Gasteiger partial charge >= 0.3 is 0 Å². The van der Waals surface area contributed by atoms with Crippen molar-refractivity contribution in [2.75, 3.05) is 0 Å². The van der Waals surface area contributed by atoms with Crippen molar-refractivity contribution >= 4 is 0 Å². The Morgan fingerprint density at radius 3 is 0.885 bits per heavy atom. The third-order valence-electron chi connectivity index (χ3n) is 9.97. The quantitative estimate of drug-likeness (QED) is 0.0951. The van der Waals surface area contributed by atoms with Crippen molar-refractivity contribution < 1.29 is 5.11 Å². The van der Waals surface area contributed by atoms with Gasteiger partial charge in [-0.2, -0.15) is 0 Å². The minimum Gasteiger partial charge on any atom is -0.508 e. The highest BCUT2D eigenvalue weighted by molar-refractivity contribution is 5.33. The molecular weight excluding hydrogens is 629 g/mol. The Kier molecular flexibility index (Phi) is 26.2. The van der Waals surface area contributed by atoms with Crippen LogP contribution in [0.3, 0.4) is 0 Å². The van der Waals surface area contributed by atoms with Crippen LogP contribution in [-0.2, 0) is 6.42 Å². The van der Waals surface area contributed by atoms with Crippen LogP contribution in [0.1, 0.15) is 178 Å². The van der Waals surface area contributed by atoms with Gasteiger partial charge in [0.25, 0.3) is 0 Å². The van der Waals surface area contributed by atoms with Gasteiger partial charge in [-0.3, -0.25) is 0 Å². The molecule has 0 saturated carbocycles. The number of hydrogen-bond acceptors (Lipinski definition) is 1. The van der Waals surface area contributed by atoms with Gasteiger partial charge in [-0.05, 0) is 190 Å². The van der Waals surface area contributed by atoms with Crippen LogP contribution in [0.2, 0.25) is 0 Å². The summed E-state index contributed by atoms with van der Waals surface area (Å²) in [4.78, 5) is 0. The van der Waals surface area contributed by atoms with Gasteiger partial charge in [0.1, 0.15) is 5.75 Å². The van der Waals surface area contributed by atoms with Gasteiger partial charge in [-0.1, -0.05) is 123 Å². The van der Waals surface area contributed by atoms with Gasteiger partial charge in [0, 0.05) is 0 Å². The molecule has 288 valence electrons. The maximum atomic E-state index is 9.96. The minimum absolute atomic E-state index is 0.389. The highest BCUT2D eigenvalue weighted by Crippen LogP contribution is 2.20. The lowest BCUT2D eigenvalue weighted by Crippen LogP contribution is -1.85. The zero-order valence-corrected chi connectivity index (χ0v) is 35.5. The number of aromatic hydroxyl groups is 1. The van der Waals surface area contributed by atoms with E-state index in [1.54, 1.807) is 6.07 Å². The van der Waals surface area contributed by atoms with Crippen LogP contribution in [0, 0.1) is 0 Å². The third kappa shape index (κ3) is 26.5. The fraction of sp³-hybridized carbons (Fsp3) is 0.529. The maximum Gasteiger partial charge on any atom is 0.119 e. The van der Waals surface area contributed by atoms with Gasteiger partial charge in [0.05, 0.1) is 0 Å². The molecule has 0 saturated heterocycles. The van der Waals surface area contributed by atoms with E-state index in [-0.39, 0.29) is 0 Å². The van der Waals surface area contributed by atoms with Crippen molar-refractivity contribution in [3.8, 4) is 5.75 Å². The van der Waals surface area contributed by atoms with E-state index in [4.69, 9.17) is 0 Å². The summed E-state index contributed by atoms with van der Waals surface area (Å²) in [5.41, 5.74) is 14.4. The normalized spacial score (nSPS) is 14.3. The van der Waals surface area contributed by atoms with Gasteiger partial charge in [0.15, 0.2) is 0 Å². The summed E-state index contributed by atoms with van der Waals surface area (Å²) in [7, 11) is 0. The first-order valence-corrected chi connectivity index (χ1v) is 20.5. The summed E-state index contributed by atoms with van der Waals surface area (Å²) >= 11 is 0. The molecule has 1 aromatic carbocycles. The summed E-state index contributed by atoms with van der Waals surface area (Å²) in [5, 5.41) is 9.96. The summed E-state index contributed by atoms with van der Waals surface area (Å²) in [6.45, 7) is 22.6. The molecule has 0 aliphatic heterocycles. The Balaban J connectivity index is 2.23. The van der Waals surface area contributed by atoms with E-state index in [1.165, 1.54) is 95.1 Å². The second kappa shape index (κ2) is 29.2. The Bertz CT molecular complexity index is 1440. The summed E-state index contributed by atoms with van der Waals surface area (Å²) < 4.78 is 0. The van der Waals surface area contributed by atoms with Crippen molar-refractivity contribution in [1.82, 2.24) is 0 Å². The molecule has 0 aliphatic carbocycles. The van der Waals surface area contributed by atoms with E-state index < -0.39 is 0 Å². The fourth-order valence-electron chi connectivity index (χ4n) is 6.20. The van der Waals surface area contributed by atoms with E-state index in [9.17, 15) is 5.11 Å². The smallest absolute Gasteiger partial charge is 0.119 e. The minimum atomic E-state index is 0.389. The molecule has 0 aromatic heterocycles. The molecule has 1 nitrogen and oxygen atoms in total. The summed E-state index contributed by atoms with van der Waals surface area (Å²) in [6.07, 6.45) is 40.9. The molecule has 1 N–H and O–H groups in total. The molecule has 0 aliphatic rings. The highest BCUT2D eigenvalue weighted by atomic mass is 16.3. The number of rotatable bonds is 26. The predicted molar refractivity (Wildman–Crippen MR) is 235 cm³/mol. The van der Waals surface area contributed by atoms with Crippen molar-refractivity contribution in [3.63, 3.8) is 0 Å². The Hall–Kier alpha value is -3.32. The molecule has 0 spiro atoms. The van der Waals surface area contributed by atoms with Crippen LogP contribution in [-0.4, -0.2) is 5.11 Å². The number of para-hydroxylation sites is 1. The lowest BCUT2D eigenvalue weighted by Gasteiger charge is -2.04. The monoisotopic (exact) mass is 707 g/mol. The average molecular weight is 707 g/mol. The van der Waals surface area contributed by atoms with Crippen LogP contribution in [0.4, 0.5) is 0 Å². The molecule has 1 aromatic rings. The third-order valence-corrected chi connectivity index (χ3v) is 9.97. The average Bonchev–Trinajstić information content (AvgIpc) is 3.07. The Morgan fingerprint density at radius 1 is 0.365 bits per heavy atom. The number of allylic oxidation sites excluding steroid dienone is 18. The van der Waals surface area contributed by atoms with E-state index in [2.05, 4.69) is 124 Å². The SMILES string of the molecule is CC(C)=CCCC(C)=CCCC(C)=CCCC(C)=CCCC(C)=CCCC(C)=CCCC(C)=CCCC(C)=CCCC(C)=CCc1ccccc1O. The standard InChI is InChI=1S/C51H78O/c1-41(2)21-13-22-42(3)23-14-24-43(4)25-15-26-44(5)27-16-28-45(6)29-17-30-46(7)31-18-32-47(8)33-19-34-48(9)35-20-36-49(10)39-40-50-37-11-12-38-51(50)52/h11-12,21,23,25,27,29,31,33,35,37-39,52H,13-20,22,24,26,28,30,32,34,36,40H2,1-10H3. The molecule has 52 heavy (non-hydrogen) atoms. The zero-order valence-electron chi connectivity index (χ0n) is 35.5. The Labute approximate surface area is 322 Å². The fourth-order valence-corrected chi connectivity index (χ4v) is 6.20. The van der Waals surface area contributed by atoms with Crippen LogP contribution in [0.5, 0.6) is 5.75 Å². The number of phenolic OH excluding ortho intramolecular Hbond substituents is 1. The van der Waals surface area contributed by atoms with E-state index >= 15 is 0 Å². The van der Waals surface area contributed by atoms with E-state index in [1.807, 2.05) is 18.2 Å². The van der Waals surface area contributed by atoms with Crippen molar-refractivity contribution in [1.29, 1.82) is 0 Å². The zero-order chi connectivity index (χ0) is 38.6. The van der Waals surface area contributed by atoms with Crippen LogP contribution < -0.4 is 0 Å². The summed E-state index contributed by atoms with van der Waals surface area (Å²) in [5.74, 6) is 0.389. The van der Waals surface area contributed by atoms with Crippen molar-refractivity contribution in [2.24, 2.45) is 0 Å². The van der Waals surface area contributed by atoms with Crippen LogP contribution in [0.15, 0.2) is 129 Å². The van der Waals surface area contributed by atoms with Crippen molar-refractivity contribution in [2.45, 2.75) is 178 Å². The lowest BCUT2D eigenvalue weighted by molar-refractivity contribution is 0.469. The molecule has 0 heterocycles.